The summed E-state index contributed by atoms with van der Waals surface area (Å²) < 4.78 is 0. The van der Waals surface area contributed by atoms with Crippen LogP contribution in [-0.2, 0) is 6.54 Å². The zero-order chi connectivity index (χ0) is 19.5. The summed E-state index contributed by atoms with van der Waals surface area (Å²) in [7, 11) is 0. The van der Waals surface area contributed by atoms with Crippen LogP contribution in [0.4, 0.5) is 5.69 Å². The summed E-state index contributed by atoms with van der Waals surface area (Å²) in [5.41, 5.74) is 6.90. The highest BCUT2D eigenvalue weighted by Gasteiger charge is 2.22. The Kier molecular flexibility index (Phi) is 4.97. The Morgan fingerprint density at radius 1 is 1.00 bits per heavy atom. The summed E-state index contributed by atoms with van der Waals surface area (Å²) >= 11 is 0. The zero-order valence-corrected chi connectivity index (χ0v) is 16.5. The van der Waals surface area contributed by atoms with Gasteiger partial charge < -0.3 is 4.90 Å². The number of aromatic nitrogens is 3. The number of hydrogen-bond acceptors (Lipinski definition) is 4. The van der Waals surface area contributed by atoms with Crippen molar-refractivity contribution in [3.8, 4) is 0 Å². The molecule has 1 aromatic carbocycles. The van der Waals surface area contributed by atoms with Crippen molar-refractivity contribution in [1.29, 1.82) is 0 Å². The van der Waals surface area contributed by atoms with E-state index in [1.807, 2.05) is 30.7 Å². The van der Waals surface area contributed by atoms with Crippen molar-refractivity contribution >= 4 is 17.0 Å². The smallest absolute Gasteiger partial charge is 0.0797 e. The highest BCUT2D eigenvalue weighted by atomic mass is 15.2. The maximum absolute atomic E-state index is 4.61. The number of allylic oxidation sites excluding steroid dienone is 2. The van der Waals surface area contributed by atoms with Crippen molar-refractivity contribution in [2.24, 2.45) is 0 Å². The van der Waals surface area contributed by atoms with E-state index in [1.54, 1.807) is 0 Å². The fraction of sp³-hybridized carbons (Fsp3) is 0.250. The third kappa shape index (κ3) is 3.74. The molecule has 5 heteroatoms. The molecule has 3 aromatic rings. The van der Waals surface area contributed by atoms with Crippen LogP contribution in [0.15, 0.2) is 73.2 Å². The lowest BCUT2D eigenvalue weighted by Crippen LogP contribution is -2.25. The fourth-order valence-corrected chi connectivity index (χ4v) is 4.22. The second kappa shape index (κ2) is 8.05. The van der Waals surface area contributed by atoms with E-state index >= 15 is 0 Å². The quantitative estimate of drug-likeness (QED) is 0.712. The van der Waals surface area contributed by atoms with E-state index in [-0.39, 0.29) is 0 Å². The number of H-pyrrole nitrogens is 1. The minimum absolute atomic E-state index is 0.806. The van der Waals surface area contributed by atoms with Gasteiger partial charge in [0.15, 0.2) is 0 Å². The molecule has 2 aromatic heterocycles. The van der Waals surface area contributed by atoms with E-state index < -0.39 is 0 Å². The van der Waals surface area contributed by atoms with Gasteiger partial charge in [-0.3, -0.25) is 15.0 Å². The summed E-state index contributed by atoms with van der Waals surface area (Å²) in [5, 5.41) is 7.10. The molecule has 0 radical (unpaired) electrons. The van der Waals surface area contributed by atoms with Gasteiger partial charge in [0.1, 0.15) is 0 Å². The predicted octanol–water partition coefficient (Wildman–Crippen LogP) is 4.35. The number of aromatic amines is 1. The van der Waals surface area contributed by atoms with Gasteiger partial charge in [0, 0.05) is 31.1 Å². The van der Waals surface area contributed by atoms with Crippen molar-refractivity contribution in [3.05, 3.63) is 90.0 Å². The van der Waals surface area contributed by atoms with E-state index in [0.29, 0.717) is 0 Å². The monoisotopic (exact) mass is 383 g/mol. The van der Waals surface area contributed by atoms with Gasteiger partial charge in [-0.25, -0.2) is 0 Å². The third-order valence-electron chi connectivity index (χ3n) is 5.67. The number of anilines is 1. The molecule has 2 aliphatic rings. The van der Waals surface area contributed by atoms with Crippen LogP contribution in [0.3, 0.4) is 0 Å². The lowest BCUT2D eigenvalue weighted by atomic mass is 9.97. The minimum atomic E-state index is 0.806. The molecule has 2 aliphatic heterocycles. The van der Waals surface area contributed by atoms with Gasteiger partial charge in [-0.1, -0.05) is 42.5 Å². The molecule has 146 valence electrons. The Morgan fingerprint density at radius 2 is 1.86 bits per heavy atom. The first kappa shape index (κ1) is 17.9. The lowest BCUT2D eigenvalue weighted by molar-refractivity contribution is 0.331. The normalized spacial score (nSPS) is 17.3. The Hall–Kier alpha value is -3.18. The summed E-state index contributed by atoms with van der Waals surface area (Å²) in [6.07, 6.45) is 12.7. The van der Waals surface area contributed by atoms with Crippen molar-refractivity contribution < 1.29 is 0 Å². The molecule has 0 bridgehead atoms. The number of nitrogens with one attached hydrogen (secondary N) is 1. The van der Waals surface area contributed by atoms with Crippen LogP contribution >= 0.6 is 0 Å². The fourth-order valence-electron chi connectivity index (χ4n) is 4.22. The van der Waals surface area contributed by atoms with Crippen LogP contribution in [0.5, 0.6) is 0 Å². The molecule has 29 heavy (non-hydrogen) atoms. The average Bonchev–Trinajstić information content (AvgIpc) is 3.49. The van der Waals surface area contributed by atoms with E-state index in [2.05, 4.69) is 67.5 Å². The summed E-state index contributed by atoms with van der Waals surface area (Å²) in [6, 6.07) is 15.1. The van der Waals surface area contributed by atoms with Crippen LogP contribution in [0.1, 0.15) is 29.7 Å². The molecule has 0 amide bonds. The maximum atomic E-state index is 4.61. The van der Waals surface area contributed by atoms with Crippen LogP contribution in [0, 0.1) is 0 Å². The van der Waals surface area contributed by atoms with Crippen LogP contribution in [0.2, 0.25) is 0 Å². The number of pyridine rings is 1. The molecule has 0 unspecified atom stereocenters. The zero-order valence-electron chi connectivity index (χ0n) is 16.5. The largest absolute Gasteiger partial charge is 0.334 e. The molecule has 5 rings (SSSR count). The first-order valence-corrected chi connectivity index (χ1v) is 10.3. The first-order chi connectivity index (χ1) is 14.4. The van der Waals surface area contributed by atoms with E-state index in [9.17, 15) is 0 Å². The molecule has 0 atom stereocenters. The second-order valence-electron chi connectivity index (χ2n) is 7.63. The van der Waals surface area contributed by atoms with Crippen molar-refractivity contribution in [2.75, 3.05) is 24.5 Å². The molecule has 0 spiro atoms. The number of benzene rings is 1. The van der Waals surface area contributed by atoms with Gasteiger partial charge in [0.05, 0.1) is 23.3 Å². The molecule has 1 fully saturated rings. The van der Waals surface area contributed by atoms with Crippen LogP contribution in [0.25, 0.3) is 11.3 Å². The summed E-state index contributed by atoms with van der Waals surface area (Å²) in [4.78, 5) is 9.45. The van der Waals surface area contributed by atoms with E-state index in [1.165, 1.54) is 42.8 Å². The summed E-state index contributed by atoms with van der Waals surface area (Å²) in [6.45, 7) is 4.28. The Balaban J connectivity index is 1.54. The number of rotatable bonds is 5. The van der Waals surface area contributed by atoms with Crippen LogP contribution in [-0.4, -0.2) is 39.7 Å². The topological polar surface area (TPSA) is 48.1 Å². The van der Waals surface area contributed by atoms with E-state index in [0.717, 1.165) is 30.0 Å². The molecular formula is C24H25N5. The molecule has 1 saturated heterocycles. The minimum Gasteiger partial charge on any atom is -0.334 e. The second-order valence-corrected chi connectivity index (χ2v) is 7.63. The molecular weight excluding hydrogens is 358 g/mol. The van der Waals surface area contributed by atoms with Gasteiger partial charge in [-0.2, -0.15) is 5.10 Å². The summed E-state index contributed by atoms with van der Waals surface area (Å²) in [5.74, 6) is 0. The van der Waals surface area contributed by atoms with Gasteiger partial charge >= 0.3 is 0 Å². The molecule has 1 N–H and O–H groups in total. The Morgan fingerprint density at radius 3 is 2.59 bits per heavy atom. The van der Waals surface area contributed by atoms with Crippen LogP contribution < -0.4 is 4.90 Å². The standard InChI is InChI=1S/C24H25N5/c1-2-12-25-23(7-1)22-6-5-15-29(21-16-26-27-17-21)24(22)20-10-8-19(9-11-20)18-28-13-3-4-14-28/h1-2,5-12,16-17H,3-4,13-15,18H2,(H,26,27). The predicted molar refractivity (Wildman–Crippen MR) is 117 cm³/mol. The Labute approximate surface area is 171 Å². The van der Waals surface area contributed by atoms with Crippen molar-refractivity contribution in [3.63, 3.8) is 0 Å². The number of nitrogens with zero attached hydrogens (tertiary/aromatic N) is 4. The van der Waals surface area contributed by atoms with Crippen molar-refractivity contribution in [1.82, 2.24) is 20.1 Å². The SMILES string of the molecule is C1=CC(c2ccccn2)=C(c2ccc(CN3CCCC3)cc2)N(c2cn[nH]c2)C1. The molecule has 0 saturated carbocycles. The molecule has 0 aliphatic carbocycles. The lowest BCUT2D eigenvalue weighted by Gasteiger charge is -2.30. The average molecular weight is 383 g/mol. The third-order valence-corrected chi connectivity index (χ3v) is 5.67. The molecule has 4 heterocycles. The van der Waals surface area contributed by atoms with Gasteiger partial charge in [-0.15, -0.1) is 0 Å². The van der Waals surface area contributed by atoms with Gasteiger partial charge in [0.2, 0.25) is 0 Å². The first-order valence-electron chi connectivity index (χ1n) is 10.3. The Bertz CT molecular complexity index is 997. The highest BCUT2D eigenvalue weighted by molar-refractivity contribution is 6.01. The number of hydrogen-bond donors (Lipinski definition) is 1. The van der Waals surface area contributed by atoms with E-state index in [4.69, 9.17) is 0 Å². The maximum Gasteiger partial charge on any atom is 0.0797 e. The molecule has 5 nitrogen and oxygen atoms in total. The highest BCUT2D eigenvalue weighted by Crippen LogP contribution is 2.35. The number of likely N-dealkylation sites (tertiary alicyclic amines) is 1. The van der Waals surface area contributed by atoms with Crippen molar-refractivity contribution in [2.45, 2.75) is 19.4 Å². The van der Waals surface area contributed by atoms with Gasteiger partial charge in [-0.05, 0) is 49.2 Å². The van der Waals surface area contributed by atoms with Gasteiger partial charge in [0.25, 0.3) is 0 Å².